The molecule has 0 fully saturated rings. The third-order valence-electron chi connectivity index (χ3n) is 2.43. The molecular formula is C13H12O3. The van der Waals surface area contributed by atoms with Crippen molar-refractivity contribution < 1.29 is 14.3 Å². The molecule has 3 nitrogen and oxygen atoms in total. The molecule has 0 bridgehead atoms. The molecule has 16 heavy (non-hydrogen) atoms. The maximum atomic E-state index is 10.7. The molecule has 1 N–H and O–H groups in total. The van der Waals surface area contributed by atoms with Gasteiger partial charge in [-0.1, -0.05) is 19.1 Å². The lowest BCUT2D eigenvalue weighted by Gasteiger charge is -1.98. The number of benzene rings is 1. The standard InChI is InChI=1S/C13H12O3/c1-2-11-7-8-12(16-11)9-3-5-10(6-4-9)13(14)15/h3-8H,2H2,1H3,(H,14,15). The highest BCUT2D eigenvalue weighted by Gasteiger charge is 2.05. The summed E-state index contributed by atoms with van der Waals surface area (Å²) in [5.41, 5.74) is 1.18. The van der Waals surface area contributed by atoms with Crippen LogP contribution in [0.1, 0.15) is 23.0 Å². The van der Waals surface area contributed by atoms with E-state index in [2.05, 4.69) is 0 Å². The lowest BCUT2D eigenvalue weighted by atomic mass is 10.1. The van der Waals surface area contributed by atoms with Gasteiger partial charge in [-0.25, -0.2) is 4.79 Å². The Kier molecular flexibility index (Phi) is 2.77. The van der Waals surface area contributed by atoms with Crippen LogP contribution in [0.5, 0.6) is 0 Å². The number of hydrogen-bond acceptors (Lipinski definition) is 2. The summed E-state index contributed by atoms with van der Waals surface area (Å²) in [7, 11) is 0. The van der Waals surface area contributed by atoms with Gasteiger partial charge in [-0.05, 0) is 24.3 Å². The quantitative estimate of drug-likeness (QED) is 0.857. The summed E-state index contributed by atoms with van der Waals surface area (Å²) in [4.78, 5) is 10.7. The molecule has 82 valence electrons. The SMILES string of the molecule is CCc1ccc(-c2ccc(C(=O)O)cc2)o1. The fourth-order valence-electron chi connectivity index (χ4n) is 1.50. The molecule has 0 aliphatic carbocycles. The number of carboxylic acid groups (broad SMARTS) is 1. The molecular weight excluding hydrogens is 204 g/mol. The molecule has 2 aromatic rings. The van der Waals surface area contributed by atoms with E-state index in [4.69, 9.17) is 9.52 Å². The van der Waals surface area contributed by atoms with Gasteiger partial charge in [0.2, 0.25) is 0 Å². The molecule has 0 aliphatic heterocycles. The van der Waals surface area contributed by atoms with E-state index in [1.807, 2.05) is 19.1 Å². The van der Waals surface area contributed by atoms with Crippen LogP contribution in [0, 0.1) is 0 Å². The second-order valence-corrected chi connectivity index (χ2v) is 3.50. The van der Waals surface area contributed by atoms with E-state index in [1.165, 1.54) is 0 Å². The monoisotopic (exact) mass is 216 g/mol. The first-order valence-electron chi connectivity index (χ1n) is 5.13. The average molecular weight is 216 g/mol. The summed E-state index contributed by atoms with van der Waals surface area (Å²) in [5, 5.41) is 8.77. The number of furan rings is 1. The summed E-state index contributed by atoms with van der Waals surface area (Å²) in [6.07, 6.45) is 0.854. The van der Waals surface area contributed by atoms with Gasteiger partial charge < -0.3 is 9.52 Å². The normalized spacial score (nSPS) is 10.3. The van der Waals surface area contributed by atoms with E-state index in [0.29, 0.717) is 0 Å². The van der Waals surface area contributed by atoms with Crippen LogP contribution in [-0.2, 0) is 6.42 Å². The minimum atomic E-state index is -0.916. The van der Waals surface area contributed by atoms with Gasteiger partial charge in [-0.3, -0.25) is 0 Å². The largest absolute Gasteiger partial charge is 0.478 e. The molecule has 2 rings (SSSR count). The Balaban J connectivity index is 2.30. The third kappa shape index (κ3) is 1.98. The maximum absolute atomic E-state index is 10.7. The molecule has 3 heteroatoms. The number of carboxylic acids is 1. The minimum Gasteiger partial charge on any atom is -0.478 e. The Morgan fingerprint density at radius 1 is 1.19 bits per heavy atom. The molecule has 0 unspecified atom stereocenters. The fourth-order valence-corrected chi connectivity index (χ4v) is 1.50. The second-order valence-electron chi connectivity index (χ2n) is 3.50. The Bertz CT molecular complexity index is 494. The van der Waals surface area contributed by atoms with E-state index >= 15 is 0 Å². The molecule has 1 aromatic heterocycles. The zero-order valence-electron chi connectivity index (χ0n) is 8.93. The van der Waals surface area contributed by atoms with Gasteiger partial charge in [0, 0.05) is 12.0 Å². The van der Waals surface area contributed by atoms with Crippen LogP contribution in [0.2, 0.25) is 0 Å². The zero-order chi connectivity index (χ0) is 11.5. The lowest BCUT2D eigenvalue weighted by molar-refractivity contribution is 0.0697. The smallest absolute Gasteiger partial charge is 0.335 e. The van der Waals surface area contributed by atoms with Crippen molar-refractivity contribution in [3.8, 4) is 11.3 Å². The molecule has 0 saturated heterocycles. The number of aryl methyl sites for hydroxylation is 1. The number of carbonyl (C=O) groups is 1. The number of hydrogen-bond donors (Lipinski definition) is 1. The molecule has 0 atom stereocenters. The van der Waals surface area contributed by atoms with Crippen molar-refractivity contribution in [3.63, 3.8) is 0 Å². The van der Waals surface area contributed by atoms with Crippen LogP contribution in [0.3, 0.4) is 0 Å². The Hall–Kier alpha value is -2.03. The lowest BCUT2D eigenvalue weighted by Crippen LogP contribution is -1.94. The van der Waals surface area contributed by atoms with Gasteiger partial charge in [-0.15, -0.1) is 0 Å². The van der Waals surface area contributed by atoms with E-state index in [-0.39, 0.29) is 5.56 Å². The van der Waals surface area contributed by atoms with Crippen molar-refractivity contribution in [2.45, 2.75) is 13.3 Å². The predicted octanol–water partition coefficient (Wildman–Crippen LogP) is 3.21. The predicted molar refractivity (Wildman–Crippen MR) is 60.5 cm³/mol. The Labute approximate surface area is 93.3 Å². The van der Waals surface area contributed by atoms with Crippen molar-refractivity contribution in [2.24, 2.45) is 0 Å². The van der Waals surface area contributed by atoms with Gasteiger partial charge in [0.25, 0.3) is 0 Å². The summed E-state index contributed by atoms with van der Waals surface area (Å²) in [6.45, 7) is 2.02. The van der Waals surface area contributed by atoms with Crippen molar-refractivity contribution in [3.05, 3.63) is 47.7 Å². The highest BCUT2D eigenvalue weighted by atomic mass is 16.4. The summed E-state index contributed by atoms with van der Waals surface area (Å²) in [6, 6.07) is 10.5. The molecule has 0 aliphatic rings. The topological polar surface area (TPSA) is 50.4 Å². The summed E-state index contributed by atoms with van der Waals surface area (Å²) >= 11 is 0. The van der Waals surface area contributed by atoms with Crippen LogP contribution in [0.25, 0.3) is 11.3 Å². The summed E-state index contributed by atoms with van der Waals surface area (Å²) in [5.74, 6) is 0.784. The minimum absolute atomic E-state index is 0.283. The zero-order valence-corrected chi connectivity index (χ0v) is 8.93. The first kappa shape index (κ1) is 10.5. The maximum Gasteiger partial charge on any atom is 0.335 e. The van der Waals surface area contributed by atoms with Gasteiger partial charge in [0.15, 0.2) is 0 Å². The first-order chi connectivity index (χ1) is 7.70. The molecule has 1 aromatic carbocycles. The molecule has 0 saturated carbocycles. The van der Waals surface area contributed by atoms with Crippen LogP contribution in [-0.4, -0.2) is 11.1 Å². The van der Waals surface area contributed by atoms with E-state index < -0.39 is 5.97 Å². The number of aromatic carboxylic acids is 1. The third-order valence-corrected chi connectivity index (χ3v) is 2.43. The van der Waals surface area contributed by atoms with Crippen molar-refractivity contribution in [2.75, 3.05) is 0 Å². The van der Waals surface area contributed by atoms with Gasteiger partial charge >= 0.3 is 5.97 Å². The number of rotatable bonds is 3. The summed E-state index contributed by atoms with van der Waals surface area (Å²) < 4.78 is 5.57. The van der Waals surface area contributed by atoms with E-state index in [1.54, 1.807) is 24.3 Å². The second kappa shape index (κ2) is 4.23. The van der Waals surface area contributed by atoms with Crippen LogP contribution in [0.15, 0.2) is 40.8 Å². The highest BCUT2D eigenvalue weighted by Crippen LogP contribution is 2.22. The molecule has 0 radical (unpaired) electrons. The van der Waals surface area contributed by atoms with Crippen LogP contribution >= 0.6 is 0 Å². The van der Waals surface area contributed by atoms with E-state index in [0.717, 1.165) is 23.5 Å². The van der Waals surface area contributed by atoms with Crippen LogP contribution in [0.4, 0.5) is 0 Å². The van der Waals surface area contributed by atoms with E-state index in [9.17, 15) is 4.79 Å². The molecule has 1 heterocycles. The average Bonchev–Trinajstić information content (AvgIpc) is 2.77. The Morgan fingerprint density at radius 2 is 1.88 bits per heavy atom. The van der Waals surface area contributed by atoms with Crippen LogP contribution < -0.4 is 0 Å². The van der Waals surface area contributed by atoms with Crippen molar-refractivity contribution in [1.29, 1.82) is 0 Å². The first-order valence-corrected chi connectivity index (χ1v) is 5.13. The van der Waals surface area contributed by atoms with Gasteiger partial charge in [-0.2, -0.15) is 0 Å². The van der Waals surface area contributed by atoms with Gasteiger partial charge in [0.1, 0.15) is 11.5 Å². The van der Waals surface area contributed by atoms with Crippen molar-refractivity contribution >= 4 is 5.97 Å². The highest BCUT2D eigenvalue weighted by molar-refractivity contribution is 5.88. The fraction of sp³-hybridized carbons (Fsp3) is 0.154. The molecule has 0 spiro atoms. The van der Waals surface area contributed by atoms with Crippen molar-refractivity contribution in [1.82, 2.24) is 0 Å². The molecule has 0 amide bonds. The Morgan fingerprint density at radius 3 is 2.38 bits per heavy atom. The van der Waals surface area contributed by atoms with Gasteiger partial charge in [0.05, 0.1) is 5.56 Å².